The lowest BCUT2D eigenvalue weighted by molar-refractivity contribution is 0.102. The van der Waals surface area contributed by atoms with E-state index in [4.69, 9.17) is 31.8 Å². The Morgan fingerprint density at radius 2 is 1.94 bits per heavy atom. The molecule has 1 spiro atoms. The Balaban J connectivity index is 1.41. The first-order valence-electron chi connectivity index (χ1n) is 10.3. The lowest BCUT2D eigenvalue weighted by Crippen LogP contribution is -2.31. The predicted molar refractivity (Wildman–Crippen MR) is 118 cm³/mol. The second-order valence-electron chi connectivity index (χ2n) is 8.11. The number of amidine groups is 1. The van der Waals surface area contributed by atoms with Crippen LogP contribution in [0.25, 0.3) is 0 Å². The molecule has 160 valence electrons. The van der Waals surface area contributed by atoms with Crippen LogP contribution in [0.1, 0.15) is 46.1 Å². The number of aliphatic imine (C=N–C) groups is 1. The summed E-state index contributed by atoms with van der Waals surface area (Å²) in [6.45, 7) is 0.243. The molecule has 3 aromatic rings. The van der Waals surface area contributed by atoms with Gasteiger partial charge in [-0.15, -0.1) is 0 Å². The number of hydrogen-bond acceptors (Lipinski definition) is 7. The zero-order valence-electron chi connectivity index (χ0n) is 16.8. The minimum absolute atomic E-state index is 0.119. The van der Waals surface area contributed by atoms with E-state index in [-0.39, 0.29) is 24.2 Å². The molecule has 3 aliphatic rings. The van der Waals surface area contributed by atoms with Gasteiger partial charge >= 0.3 is 0 Å². The summed E-state index contributed by atoms with van der Waals surface area (Å²) >= 11 is 5.87. The lowest BCUT2D eigenvalue weighted by Gasteiger charge is -2.33. The average molecular weight is 448 g/mol. The van der Waals surface area contributed by atoms with Crippen LogP contribution in [-0.2, 0) is 10.3 Å². The Labute approximate surface area is 188 Å². The molecular formula is C23H18ClN5O3. The largest absolute Gasteiger partial charge is 0.462 e. The number of nitrogens with zero attached hydrogens (tertiary/aromatic N) is 3. The van der Waals surface area contributed by atoms with Crippen LogP contribution in [0.5, 0.6) is 11.5 Å². The SMILES string of the molecule is NC1=N[C@@]2(CO1)c1cc(NC(=O)c3ccc(Cl)cn3)ccc1Oc1cnc(C3CC3)cc12. The molecule has 1 aromatic carbocycles. The zero-order chi connectivity index (χ0) is 21.9. The van der Waals surface area contributed by atoms with Crippen LogP contribution in [0, 0.1) is 0 Å². The van der Waals surface area contributed by atoms with E-state index in [9.17, 15) is 4.79 Å². The highest BCUT2D eigenvalue weighted by Gasteiger charge is 2.47. The van der Waals surface area contributed by atoms with Gasteiger partial charge in [0.15, 0.2) is 11.3 Å². The number of nitrogens with one attached hydrogen (secondary N) is 1. The van der Waals surface area contributed by atoms with E-state index >= 15 is 0 Å². The van der Waals surface area contributed by atoms with Gasteiger partial charge < -0.3 is 20.5 Å². The topological polar surface area (TPSA) is 112 Å². The minimum Gasteiger partial charge on any atom is -0.462 e. The second-order valence-corrected chi connectivity index (χ2v) is 8.54. The molecule has 3 N–H and O–H groups in total. The standard InChI is InChI=1S/C23H18ClN5O3/c24-13-3-5-17(26-9-13)21(30)28-14-4-6-19-15(7-14)23(11-31-22(25)29-23)16-8-18(12-1-2-12)27-10-20(16)32-19/h3-10,12H,1-2,11H2,(H2,25,29)(H,28,30)/t23-/m0/s1. The van der Waals surface area contributed by atoms with Crippen molar-refractivity contribution in [2.24, 2.45) is 10.7 Å². The quantitative estimate of drug-likeness (QED) is 0.628. The van der Waals surface area contributed by atoms with Gasteiger partial charge in [-0.1, -0.05) is 11.6 Å². The molecule has 1 fully saturated rings. The van der Waals surface area contributed by atoms with E-state index in [1.54, 1.807) is 30.5 Å². The van der Waals surface area contributed by atoms with Crippen LogP contribution in [0.3, 0.4) is 0 Å². The highest BCUT2D eigenvalue weighted by Crippen LogP contribution is 2.52. The Morgan fingerprint density at radius 3 is 2.66 bits per heavy atom. The molecule has 0 bridgehead atoms. The van der Waals surface area contributed by atoms with Gasteiger partial charge in [-0.25, -0.2) is 9.98 Å². The maximum absolute atomic E-state index is 12.7. The first kappa shape index (κ1) is 19.1. The normalized spacial score (nSPS) is 20.6. The Hall–Kier alpha value is -3.65. The molecule has 8 nitrogen and oxygen atoms in total. The number of carbonyl (C=O) groups excluding carboxylic acids is 1. The van der Waals surface area contributed by atoms with Gasteiger partial charge in [0.2, 0.25) is 0 Å². The first-order valence-corrected chi connectivity index (χ1v) is 10.6. The van der Waals surface area contributed by atoms with Crippen LogP contribution < -0.4 is 15.8 Å². The van der Waals surface area contributed by atoms with Crippen molar-refractivity contribution in [3.63, 3.8) is 0 Å². The molecule has 1 aliphatic carbocycles. The number of halogens is 1. The second kappa shape index (κ2) is 6.93. The molecule has 32 heavy (non-hydrogen) atoms. The van der Waals surface area contributed by atoms with Crippen molar-refractivity contribution in [3.05, 3.63) is 76.3 Å². The molecule has 0 unspecified atom stereocenters. The zero-order valence-corrected chi connectivity index (χ0v) is 17.6. The van der Waals surface area contributed by atoms with Crippen LogP contribution >= 0.6 is 11.6 Å². The van der Waals surface area contributed by atoms with Crippen LogP contribution in [0.4, 0.5) is 5.69 Å². The molecule has 0 radical (unpaired) electrons. The van der Waals surface area contributed by atoms with Gasteiger partial charge in [0.1, 0.15) is 18.1 Å². The van der Waals surface area contributed by atoms with Gasteiger partial charge in [-0.05, 0) is 49.2 Å². The average Bonchev–Trinajstić information content (AvgIpc) is 3.57. The van der Waals surface area contributed by atoms with E-state index in [1.807, 2.05) is 12.1 Å². The third-order valence-corrected chi connectivity index (χ3v) is 6.15. The monoisotopic (exact) mass is 447 g/mol. The number of carbonyl (C=O) groups is 1. The van der Waals surface area contributed by atoms with Gasteiger partial charge in [-0.3, -0.25) is 9.78 Å². The smallest absolute Gasteiger partial charge is 0.283 e. The number of rotatable bonds is 3. The summed E-state index contributed by atoms with van der Waals surface area (Å²) in [7, 11) is 0. The molecule has 1 atom stereocenters. The Bertz CT molecular complexity index is 1290. The van der Waals surface area contributed by atoms with E-state index < -0.39 is 5.54 Å². The summed E-state index contributed by atoms with van der Waals surface area (Å²) in [6, 6.07) is 10.8. The van der Waals surface area contributed by atoms with Gasteiger partial charge in [0.25, 0.3) is 11.9 Å². The van der Waals surface area contributed by atoms with E-state index in [0.29, 0.717) is 28.1 Å². The highest BCUT2D eigenvalue weighted by atomic mass is 35.5. The number of pyridine rings is 2. The number of fused-ring (bicyclic) bond motifs is 4. The molecule has 2 aliphatic heterocycles. The number of anilines is 1. The lowest BCUT2D eigenvalue weighted by atomic mass is 9.81. The summed E-state index contributed by atoms with van der Waals surface area (Å²) in [5.41, 5.74) is 8.58. The summed E-state index contributed by atoms with van der Waals surface area (Å²) in [5, 5.41) is 3.34. The summed E-state index contributed by atoms with van der Waals surface area (Å²) in [6.07, 6.45) is 5.45. The minimum atomic E-state index is -0.862. The van der Waals surface area contributed by atoms with Gasteiger partial charge in [0.05, 0.1) is 11.2 Å². The Kier molecular flexibility index (Phi) is 4.13. The van der Waals surface area contributed by atoms with Crippen LogP contribution in [0.15, 0.2) is 53.8 Å². The molecule has 4 heterocycles. The molecule has 0 saturated heterocycles. The van der Waals surface area contributed by atoms with Crippen molar-refractivity contribution in [3.8, 4) is 11.5 Å². The van der Waals surface area contributed by atoms with Crippen molar-refractivity contribution in [1.82, 2.24) is 9.97 Å². The molecule has 6 rings (SSSR count). The van der Waals surface area contributed by atoms with Crippen molar-refractivity contribution < 1.29 is 14.3 Å². The van der Waals surface area contributed by atoms with E-state index in [2.05, 4.69) is 15.3 Å². The maximum atomic E-state index is 12.7. The summed E-state index contributed by atoms with van der Waals surface area (Å²) in [4.78, 5) is 26.0. The van der Waals surface area contributed by atoms with Crippen molar-refractivity contribution in [2.75, 3.05) is 11.9 Å². The molecular weight excluding hydrogens is 430 g/mol. The molecule has 9 heteroatoms. The highest BCUT2D eigenvalue weighted by molar-refractivity contribution is 6.30. The van der Waals surface area contributed by atoms with Crippen molar-refractivity contribution in [1.29, 1.82) is 0 Å². The van der Waals surface area contributed by atoms with Gasteiger partial charge in [0, 0.05) is 34.6 Å². The van der Waals surface area contributed by atoms with E-state index in [0.717, 1.165) is 29.7 Å². The number of amides is 1. The maximum Gasteiger partial charge on any atom is 0.283 e. The predicted octanol–water partition coefficient (Wildman–Crippen LogP) is 3.95. The first-order chi connectivity index (χ1) is 15.5. The number of aromatic nitrogens is 2. The number of ether oxygens (including phenoxy) is 2. The molecule has 1 saturated carbocycles. The fourth-order valence-electron chi connectivity index (χ4n) is 4.16. The summed E-state index contributed by atoms with van der Waals surface area (Å²) in [5.74, 6) is 1.37. The van der Waals surface area contributed by atoms with Crippen molar-refractivity contribution >= 4 is 29.2 Å². The fourth-order valence-corrected chi connectivity index (χ4v) is 4.27. The third-order valence-electron chi connectivity index (χ3n) is 5.92. The van der Waals surface area contributed by atoms with Crippen LogP contribution in [0.2, 0.25) is 5.02 Å². The number of hydrogen-bond donors (Lipinski definition) is 2. The number of benzene rings is 1. The number of nitrogens with two attached hydrogens (primary N) is 1. The van der Waals surface area contributed by atoms with Crippen molar-refractivity contribution in [2.45, 2.75) is 24.3 Å². The van der Waals surface area contributed by atoms with Crippen LogP contribution in [-0.4, -0.2) is 28.5 Å². The molecule has 2 aromatic heterocycles. The van der Waals surface area contributed by atoms with Gasteiger partial charge in [-0.2, -0.15) is 0 Å². The van der Waals surface area contributed by atoms with E-state index in [1.165, 1.54) is 6.20 Å². The third kappa shape index (κ3) is 3.06. The fraction of sp³-hybridized carbons (Fsp3) is 0.217. The Morgan fingerprint density at radius 1 is 1.09 bits per heavy atom. The molecule has 1 amide bonds. The summed E-state index contributed by atoms with van der Waals surface area (Å²) < 4.78 is 11.8.